The zero-order valence-electron chi connectivity index (χ0n) is 10.5. The number of rotatable bonds is 2. The third-order valence-corrected chi connectivity index (χ3v) is 2.13. The van der Waals surface area contributed by atoms with Crippen molar-refractivity contribution in [2.24, 2.45) is 11.7 Å². The van der Waals surface area contributed by atoms with Crippen LogP contribution in [0.15, 0.2) is 36.7 Å². The summed E-state index contributed by atoms with van der Waals surface area (Å²) in [5.74, 6) is 11.6. The van der Waals surface area contributed by atoms with Gasteiger partial charge in [-0.2, -0.15) is 0 Å². The van der Waals surface area contributed by atoms with E-state index in [4.69, 9.17) is 11.7 Å². The number of pyridine rings is 2. The number of hydrogen-bond acceptors (Lipinski definition) is 6. The monoisotopic (exact) mass is 246 g/mol. The van der Waals surface area contributed by atoms with Crippen LogP contribution in [0.25, 0.3) is 0 Å². The highest BCUT2D eigenvalue weighted by atomic mass is 15.2. The van der Waals surface area contributed by atoms with Gasteiger partial charge in [-0.15, -0.1) is 0 Å². The summed E-state index contributed by atoms with van der Waals surface area (Å²) < 4.78 is 0. The molecule has 0 radical (unpaired) electrons. The molecule has 0 unspecified atom stereocenters. The fraction of sp³-hybridized carbons (Fsp3) is 0.167. The van der Waals surface area contributed by atoms with E-state index < -0.39 is 0 Å². The standard InChI is InChI=1S/2C6H9N3/c2*1-5-2-3-8-6(4-5)9-7/h2*2-4H,7H2,1H3,(H,8,9). The van der Waals surface area contributed by atoms with Crippen molar-refractivity contribution in [1.29, 1.82) is 0 Å². The normalized spacial score (nSPS) is 9.11. The molecule has 0 saturated carbocycles. The molecule has 2 heterocycles. The van der Waals surface area contributed by atoms with Crippen LogP contribution in [-0.2, 0) is 0 Å². The quantitative estimate of drug-likeness (QED) is 0.471. The summed E-state index contributed by atoms with van der Waals surface area (Å²) in [7, 11) is 0. The molecule has 6 heteroatoms. The number of nitrogens with two attached hydrogens (primary N) is 2. The number of hydrogen-bond donors (Lipinski definition) is 4. The lowest BCUT2D eigenvalue weighted by atomic mass is 10.3. The predicted molar refractivity (Wildman–Crippen MR) is 73.6 cm³/mol. The maximum atomic E-state index is 5.11. The minimum atomic E-state index is 0.704. The van der Waals surface area contributed by atoms with Crippen LogP contribution >= 0.6 is 0 Å². The summed E-state index contributed by atoms with van der Waals surface area (Å²) in [6, 6.07) is 7.58. The van der Waals surface area contributed by atoms with Gasteiger partial charge in [0, 0.05) is 12.4 Å². The van der Waals surface area contributed by atoms with Gasteiger partial charge in [0.2, 0.25) is 0 Å². The van der Waals surface area contributed by atoms with Crippen LogP contribution < -0.4 is 22.5 Å². The minimum Gasteiger partial charge on any atom is -0.308 e. The molecule has 18 heavy (non-hydrogen) atoms. The van der Waals surface area contributed by atoms with E-state index in [1.165, 1.54) is 0 Å². The average Bonchev–Trinajstić information content (AvgIpc) is 2.39. The molecule has 0 fully saturated rings. The van der Waals surface area contributed by atoms with Gasteiger partial charge >= 0.3 is 0 Å². The third-order valence-electron chi connectivity index (χ3n) is 2.13. The molecular weight excluding hydrogens is 228 g/mol. The first kappa shape index (κ1) is 13.9. The Morgan fingerprint density at radius 1 is 0.833 bits per heavy atom. The van der Waals surface area contributed by atoms with Crippen molar-refractivity contribution in [2.75, 3.05) is 10.9 Å². The third kappa shape index (κ3) is 4.77. The zero-order valence-corrected chi connectivity index (χ0v) is 10.5. The SMILES string of the molecule is Cc1ccnc(NN)c1.Cc1ccnc(NN)c1. The molecule has 6 N–H and O–H groups in total. The van der Waals surface area contributed by atoms with Gasteiger partial charge in [0.25, 0.3) is 0 Å². The number of nitrogens with one attached hydrogen (secondary N) is 2. The largest absolute Gasteiger partial charge is 0.308 e. The van der Waals surface area contributed by atoms with Gasteiger partial charge < -0.3 is 10.9 Å². The Hall–Kier alpha value is -2.18. The fourth-order valence-electron chi connectivity index (χ4n) is 1.23. The lowest BCUT2D eigenvalue weighted by molar-refractivity contribution is 1.21. The second-order valence-electron chi connectivity index (χ2n) is 3.73. The molecule has 2 rings (SSSR count). The van der Waals surface area contributed by atoms with Gasteiger partial charge in [-0.1, -0.05) is 0 Å². The van der Waals surface area contributed by atoms with E-state index in [1.807, 2.05) is 38.1 Å². The molecule has 0 aliphatic heterocycles. The first-order chi connectivity index (χ1) is 8.65. The summed E-state index contributed by atoms with van der Waals surface area (Å²) in [5, 5.41) is 0. The van der Waals surface area contributed by atoms with Crippen LogP contribution in [0.1, 0.15) is 11.1 Å². The van der Waals surface area contributed by atoms with E-state index in [-0.39, 0.29) is 0 Å². The van der Waals surface area contributed by atoms with Crippen molar-refractivity contribution >= 4 is 11.6 Å². The average molecular weight is 246 g/mol. The van der Waals surface area contributed by atoms with E-state index in [1.54, 1.807) is 12.4 Å². The molecule has 0 saturated heterocycles. The number of nitrogens with zero attached hydrogens (tertiary/aromatic N) is 2. The number of anilines is 2. The molecule has 0 aliphatic carbocycles. The predicted octanol–water partition coefficient (Wildman–Crippen LogP) is 1.35. The summed E-state index contributed by atoms with van der Waals surface area (Å²) in [5.41, 5.74) is 7.22. The highest BCUT2D eigenvalue weighted by Crippen LogP contribution is 2.02. The van der Waals surface area contributed by atoms with Gasteiger partial charge in [-0.3, -0.25) is 0 Å². The van der Waals surface area contributed by atoms with Gasteiger partial charge in [0.15, 0.2) is 0 Å². The molecule has 0 bridgehead atoms. The maximum absolute atomic E-state index is 5.11. The van der Waals surface area contributed by atoms with Crippen LogP contribution in [0, 0.1) is 13.8 Å². The second-order valence-corrected chi connectivity index (χ2v) is 3.73. The first-order valence-corrected chi connectivity index (χ1v) is 5.44. The van der Waals surface area contributed by atoms with Crippen molar-refractivity contribution in [2.45, 2.75) is 13.8 Å². The summed E-state index contributed by atoms with van der Waals surface area (Å²) in [6.45, 7) is 3.98. The van der Waals surface area contributed by atoms with E-state index in [0.717, 1.165) is 11.1 Å². The molecule has 6 nitrogen and oxygen atoms in total. The molecule has 0 spiro atoms. The van der Waals surface area contributed by atoms with Crippen molar-refractivity contribution in [1.82, 2.24) is 9.97 Å². The molecule has 0 atom stereocenters. The van der Waals surface area contributed by atoms with Crippen LogP contribution in [0.4, 0.5) is 11.6 Å². The Morgan fingerprint density at radius 2 is 1.22 bits per heavy atom. The molecule has 2 aromatic heterocycles. The minimum absolute atomic E-state index is 0.704. The highest BCUT2D eigenvalue weighted by Gasteiger charge is 1.87. The van der Waals surface area contributed by atoms with Crippen LogP contribution in [-0.4, -0.2) is 9.97 Å². The number of aromatic nitrogens is 2. The van der Waals surface area contributed by atoms with E-state index >= 15 is 0 Å². The number of aryl methyl sites for hydroxylation is 2. The van der Waals surface area contributed by atoms with Gasteiger partial charge in [0.05, 0.1) is 0 Å². The zero-order chi connectivity index (χ0) is 13.4. The Balaban J connectivity index is 0.000000180. The summed E-state index contributed by atoms with van der Waals surface area (Å²) in [4.78, 5) is 7.84. The Morgan fingerprint density at radius 3 is 1.44 bits per heavy atom. The van der Waals surface area contributed by atoms with E-state index in [2.05, 4.69) is 20.8 Å². The van der Waals surface area contributed by atoms with Gasteiger partial charge in [-0.05, 0) is 49.2 Å². The van der Waals surface area contributed by atoms with Crippen molar-refractivity contribution in [3.05, 3.63) is 47.8 Å². The summed E-state index contributed by atoms with van der Waals surface area (Å²) >= 11 is 0. The fourth-order valence-corrected chi connectivity index (χ4v) is 1.23. The second kappa shape index (κ2) is 7.21. The van der Waals surface area contributed by atoms with Gasteiger partial charge in [-0.25, -0.2) is 21.7 Å². The van der Waals surface area contributed by atoms with Crippen molar-refractivity contribution in [3.8, 4) is 0 Å². The topological polar surface area (TPSA) is 102 Å². The van der Waals surface area contributed by atoms with Crippen LogP contribution in [0.5, 0.6) is 0 Å². The molecule has 0 amide bonds. The smallest absolute Gasteiger partial charge is 0.140 e. The van der Waals surface area contributed by atoms with Crippen molar-refractivity contribution in [3.63, 3.8) is 0 Å². The van der Waals surface area contributed by atoms with Crippen molar-refractivity contribution < 1.29 is 0 Å². The molecule has 2 aromatic rings. The van der Waals surface area contributed by atoms with E-state index in [0.29, 0.717) is 11.6 Å². The summed E-state index contributed by atoms with van der Waals surface area (Å²) in [6.07, 6.45) is 3.43. The molecule has 0 aromatic carbocycles. The van der Waals surface area contributed by atoms with E-state index in [9.17, 15) is 0 Å². The van der Waals surface area contributed by atoms with Gasteiger partial charge in [0.1, 0.15) is 11.6 Å². The maximum Gasteiger partial charge on any atom is 0.140 e. The Kier molecular flexibility index (Phi) is 5.56. The first-order valence-electron chi connectivity index (χ1n) is 5.44. The Bertz CT molecular complexity index is 440. The number of hydrazine groups is 2. The highest BCUT2D eigenvalue weighted by molar-refractivity contribution is 5.35. The van der Waals surface area contributed by atoms with Crippen LogP contribution in [0.2, 0.25) is 0 Å². The Labute approximate surface area is 106 Å². The lowest BCUT2D eigenvalue weighted by Gasteiger charge is -1.96. The molecule has 96 valence electrons. The van der Waals surface area contributed by atoms with Crippen LogP contribution in [0.3, 0.4) is 0 Å². The number of nitrogen functional groups attached to an aromatic ring is 2. The molecule has 0 aliphatic rings. The lowest BCUT2D eigenvalue weighted by Crippen LogP contribution is -2.07. The molecular formula is C12H18N6.